The van der Waals surface area contributed by atoms with Gasteiger partial charge in [-0.05, 0) is 48.4 Å². The topological polar surface area (TPSA) is 111 Å². The number of benzene rings is 2. The van der Waals surface area contributed by atoms with Gasteiger partial charge in [-0.3, -0.25) is 4.79 Å². The van der Waals surface area contributed by atoms with Gasteiger partial charge >= 0.3 is 6.18 Å². The molecule has 1 heterocycles. The van der Waals surface area contributed by atoms with Crippen molar-refractivity contribution in [2.24, 2.45) is 5.73 Å². The summed E-state index contributed by atoms with van der Waals surface area (Å²) in [4.78, 5) is 16.4. The van der Waals surface area contributed by atoms with Crippen molar-refractivity contribution in [3.05, 3.63) is 82.5 Å². The summed E-state index contributed by atoms with van der Waals surface area (Å²) in [6.45, 7) is 1.20. The molecule has 1 amide bonds. The zero-order valence-corrected chi connectivity index (χ0v) is 21.3. The van der Waals surface area contributed by atoms with E-state index in [1.807, 2.05) is 0 Å². The second kappa shape index (κ2) is 11.0. The minimum Gasteiger partial charge on any atom is -0.494 e. The van der Waals surface area contributed by atoms with E-state index >= 15 is 0 Å². The Hall–Kier alpha value is -3.58. The molecule has 3 aromatic rings. The molecule has 1 aromatic heterocycles. The van der Waals surface area contributed by atoms with Crippen molar-refractivity contribution >= 4 is 15.7 Å². The normalized spacial score (nSPS) is 13.6. The number of nitrogens with two attached hydrogens (primary N) is 1. The second-order valence-electron chi connectivity index (χ2n) is 8.52. The van der Waals surface area contributed by atoms with Crippen molar-refractivity contribution in [3.8, 4) is 17.0 Å². The monoisotopic (exact) mass is 557 g/mol. The largest absolute Gasteiger partial charge is 0.494 e. The van der Waals surface area contributed by atoms with Crippen LogP contribution in [0.15, 0.2) is 48.5 Å². The summed E-state index contributed by atoms with van der Waals surface area (Å²) in [6.07, 6.45) is -3.89. The van der Waals surface area contributed by atoms with Crippen LogP contribution in [0.4, 0.5) is 22.0 Å². The Kier molecular flexibility index (Phi) is 8.42. The first kappa shape index (κ1) is 29.0. The van der Waals surface area contributed by atoms with Crippen molar-refractivity contribution in [1.29, 1.82) is 0 Å². The molecule has 0 aliphatic rings. The molecule has 3 N–H and O–H groups in total. The average molecular weight is 558 g/mol. The molecule has 2 aromatic carbocycles. The first-order chi connectivity index (χ1) is 17.6. The van der Waals surface area contributed by atoms with Gasteiger partial charge in [0.05, 0.1) is 18.7 Å². The number of nitrogens with zero attached hydrogens (tertiary/aromatic N) is 1. The Bertz CT molecular complexity index is 1460. The standard InChI is InChI=1S/C25H24F5N3O4S/c1-13(14-4-7-17(18(26)10-14)23(31)38(3,35)36)24(34)32-12-16-6-9-21(25(28,29)30)33-22(16)15-5-8-20(37-2)19(27)11-15/h4-11,13,23H,12,31H2,1-3H3,(H,32,34). The van der Waals surface area contributed by atoms with Crippen LogP contribution in [0.2, 0.25) is 0 Å². The van der Waals surface area contributed by atoms with Gasteiger partial charge in [0.1, 0.15) is 16.9 Å². The van der Waals surface area contributed by atoms with E-state index < -0.39 is 50.5 Å². The number of sulfone groups is 1. The lowest BCUT2D eigenvalue weighted by molar-refractivity contribution is -0.141. The zero-order valence-electron chi connectivity index (χ0n) is 20.4. The zero-order chi connectivity index (χ0) is 28.4. The molecular formula is C25H24F5N3O4S. The summed E-state index contributed by atoms with van der Waals surface area (Å²) < 4.78 is 96.8. The summed E-state index contributed by atoms with van der Waals surface area (Å²) in [6, 6.07) is 8.95. The van der Waals surface area contributed by atoms with Crippen molar-refractivity contribution in [1.82, 2.24) is 10.3 Å². The maximum absolute atomic E-state index is 14.6. The molecule has 0 bridgehead atoms. The molecule has 38 heavy (non-hydrogen) atoms. The van der Waals surface area contributed by atoms with Crippen molar-refractivity contribution in [2.45, 2.75) is 30.9 Å². The summed E-state index contributed by atoms with van der Waals surface area (Å²) in [5, 5.41) is 0.987. The van der Waals surface area contributed by atoms with E-state index in [4.69, 9.17) is 10.5 Å². The summed E-state index contributed by atoms with van der Waals surface area (Å²) in [5.41, 5.74) is 4.35. The van der Waals surface area contributed by atoms with Crippen LogP contribution in [0.5, 0.6) is 5.75 Å². The number of carbonyl (C=O) groups is 1. The fraction of sp³-hybridized carbons (Fsp3) is 0.280. The van der Waals surface area contributed by atoms with Gasteiger partial charge in [-0.25, -0.2) is 22.2 Å². The number of hydrogen-bond donors (Lipinski definition) is 2. The molecule has 2 unspecified atom stereocenters. The van der Waals surface area contributed by atoms with Gasteiger partial charge in [-0.1, -0.05) is 18.2 Å². The maximum atomic E-state index is 14.6. The number of carbonyl (C=O) groups excluding carboxylic acids is 1. The molecule has 0 radical (unpaired) electrons. The van der Waals surface area contributed by atoms with Gasteiger partial charge in [0.2, 0.25) is 5.91 Å². The molecule has 204 valence electrons. The second-order valence-corrected chi connectivity index (χ2v) is 10.7. The summed E-state index contributed by atoms with van der Waals surface area (Å²) >= 11 is 0. The predicted molar refractivity (Wildman–Crippen MR) is 130 cm³/mol. The van der Waals surface area contributed by atoms with Crippen LogP contribution < -0.4 is 15.8 Å². The number of rotatable bonds is 8. The van der Waals surface area contributed by atoms with Crippen LogP contribution in [-0.4, -0.2) is 32.7 Å². The number of hydrogen-bond acceptors (Lipinski definition) is 6. The highest BCUT2D eigenvalue weighted by Crippen LogP contribution is 2.33. The summed E-state index contributed by atoms with van der Waals surface area (Å²) in [7, 11) is -2.52. The van der Waals surface area contributed by atoms with E-state index in [0.29, 0.717) is 0 Å². The van der Waals surface area contributed by atoms with E-state index in [2.05, 4.69) is 10.3 Å². The molecule has 13 heteroatoms. The highest BCUT2D eigenvalue weighted by molar-refractivity contribution is 7.90. The maximum Gasteiger partial charge on any atom is 0.433 e. The van der Waals surface area contributed by atoms with Crippen LogP contribution in [0, 0.1) is 11.6 Å². The van der Waals surface area contributed by atoms with Gasteiger partial charge in [0.25, 0.3) is 0 Å². The Morgan fingerprint density at radius 1 is 1.08 bits per heavy atom. The molecule has 0 saturated carbocycles. The van der Waals surface area contributed by atoms with Crippen LogP contribution in [0.1, 0.15) is 40.6 Å². The minimum atomic E-state index is -4.76. The van der Waals surface area contributed by atoms with Crippen molar-refractivity contribution in [2.75, 3.05) is 13.4 Å². The molecule has 0 aliphatic heterocycles. The minimum absolute atomic E-state index is 0.0339. The van der Waals surface area contributed by atoms with Crippen molar-refractivity contribution < 1.29 is 39.9 Å². The third-order valence-electron chi connectivity index (χ3n) is 5.83. The molecular weight excluding hydrogens is 533 g/mol. The Morgan fingerprint density at radius 3 is 2.32 bits per heavy atom. The summed E-state index contributed by atoms with van der Waals surface area (Å²) in [5.74, 6) is -3.35. The predicted octanol–water partition coefficient (Wildman–Crippen LogP) is 4.48. The lowest BCUT2D eigenvalue weighted by Crippen LogP contribution is -2.28. The number of methoxy groups -OCH3 is 1. The number of ether oxygens (including phenoxy) is 1. The van der Waals surface area contributed by atoms with Crippen LogP contribution in [0.3, 0.4) is 0 Å². The first-order valence-electron chi connectivity index (χ1n) is 11.1. The third-order valence-corrected chi connectivity index (χ3v) is 7.01. The van der Waals surface area contributed by atoms with E-state index in [1.54, 1.807) is 0 Å². The van der Waals surface area contributed by atoms with Gasteiger partial charge in [0, 0.05) is 23.9 Å². The number of aromatic nitrogens is 1. The van der Waals surface area contributed by atoms with Gasteiger partial charge in [-0.2, -0.15) is 13.2 Å². The number of halogens is 5. The van der Waals surface area contributed by atoms with Crippen LogP contribution in [0.25, 0.3) is 11.3 Å². The number of nitrogens with one attached hydrogen (secondary N) is 1. The SMILES string of the molecule is COc1ccc(-c2nc(C(F)(F)F)ccc2CNC(=O)C(C)c2ccc(C(N)S(C)(=O)=O)c(F)c2)cc1F. The molecule has 2 atom stereocenters. The molecule has 7 nitrogen and oxygen atoms in total. The van der Waals surface area contributed by atoms with Gasteiger partial charge in [0.15, 0.2) is 21.4 Å². The van der Waals surface area contributed by atoms with Gasteiger partial charge in [-0.15, -0.1) is 0 Å². The first-order valence-corrected chi connectivity index (χ1v) is 13.0. The highest BCUT2D eigenvalue weighted by Gasteiger charge is 2.33. The van der Waals surface area contributed by atoms with Crippen molar-refractivity contribution in [3.63, 3.8) is 0 Å². The van der Waals surface area contributed by atoms with Gasteiger partial charge < -0.3 is 15.8 Å². The average Bonchev–Trinajstić information content (AvgIpc) is 2.85. The van der Waals surface area contributed by atoms with E-state index in [0.717, 1.165) is 30.5 Å². The smallest absolute Gasteiger partial charge is 0.433 e. The van der Waals surface area contributed by atoms with Crippen LogP contribution in [-0.2, 0) is 27.4 Å². The number of alkyl halides is 3. The molecule has 0 saturated heterocycles. The highest BCUT2D eigenvalue weighted by atomic mass is 32.2. The molecule has 0 aliphatic carbocycles. The molecule has 3 rings (SSSR count). The number of amides is 1. The van der Waals surface area contributed by atoms with E-state index in [9.17, 15) is 35.2 Å². The van der Waals surface area contributed by atoms with E-state index in [-0.39, 0.29) is 40.2 Å². The third kappa shape index (κ3) is 6.45. The fourth-order valence-electron chi connectivity index (χ4n) is 3.61. The lowest BCUT2D eigenvalue weighted by Gasteiger charge is -2.17. The van der Waals surface area contributed by atoms with Crippen LogP contribution >= 0.6 is 0 Å². The number of pyridine rings is 1. The Labute approximate surface area is 215 Å². The van der Waals surface area contributed by atoms with E-state index in [1.165, 1.54) is 38.3 Å². The molecule has 0 spiro atoms. The fourth-order valence-corrected chi connectivity index (χ4v) is 4.27. The molecule has 0 fully saturated rings. The Morgan fingerprint density at radius 2 is 1.76 bits per heavy atom. The Balaban J connectivity index is 1.86. The lowest BCUT2D eigenvalue weighted by atomic mass is 9.98. The quantitative estimate of drug-likeness (QED) is 0.396.